The third-order valence-corrected chi connectivity index (χ3v) is 3.50. The van der Waals surface area contributed by atoms with Crippen molar-refractivity contribution in [1.82, 2.24) is 4.90 Å². The van der Waals surface area contributed by atoms with Crippen LogP contribution in [0.5, 0.6) is 0 Å². The van der Waals surface area contributed by atoms with Crippen molar-refractivity contribution < 1.29 is 9.90 Å². The average molecular weight is 255 g/mol. The Hall–Kier alpha value is -0.870. The summed E-state index contributed by atoms with van der Waals surface area (Å²) in [6, 6.07) is 1.79. The van der Waals surface area contributed by atoms with Crippen LogP contribution in [0.15, 0.2) is 6.07 Å². The first kappa shape index (κ1) is 14.2. The fraction of sp³-hybridized carbons (Fsp3) is 0.615. The molecule has 0 spiro atoms. The van der Waals surface area contributed by atoms with Gasteiger partial charge in [0.2, 0.25) is 0 Å². The molecule has 0 aliphatic rings. The highest BCUT2D eigenvalue weighted by atomic mass is 32.1. The summed E-state index contributed by atoms with van der Waals surface area (Å²) < 4.78 is 0. The number of carboxylic acids is 1. The van der Waals surface area contributed by atoms with E-state index in [0.29, 0.717) is 4.88 Å². The maximum atomic E-state index is 10.9. The van der Waals surface area contributed by atoms with E-state index in [1.807, 2.05) is 6.92 Å². The van der Waals surface area contributed by atoms with Gasteiger partial charge in [-0.1, -0.05) is 20.8 Å². The normalized spacial score (nSPS) is 12.1. The van der Waals surface area contributed by atoms with Crippen molar-refractivity contribution in [2.75, 3.05) is 13.6 Å². The summed E-state index contributed by atoms with van der Waals surface area (Å²) in [4.78, 5) is 14.6. The predicted octanol–water partition coefficient (Wildman–Crippen LogP) is 3.23. The zero-order valence-electron chi connectivity index (χ0n) is 11.2. The Morgan fingerprint density at radius 1 is 1.47 bits per heavy atom. The lowest BCUT2D eigenvalue weighted by molar-refractivity contribution is 0.0702. The zero-order chi connectivity index (χ0) is 13.2. The van der Waals surface area contributed by atoms with Crippen LogP contribution >= 0.6 is 11.3 Å². The van der Waals surface area contributed by atoms with Gasteiger partial charge in [-0.15, -0.1) is 11.3 Å². The Bertz CT molecular complexity index is 404. The molecular weight excluding hydrogens is 234 g/mol. The molecule has 96 valence electrons. The van der Waals surface area contributed by atoms with Gasteiger partial charge in [0.05, 0.1) is 0 Å². The van der Waals surface area contributed by atoms with Crippen LogP contribution in [-0.2, 0) is 6.54 Å². The van der Waals surface area contributed by atoms with Gasteiger partial charge in [0.25, 0.3) is 0 Å². The number of rotatable bonds is 4. The average Bonchev–Trinajstić information content (AvgIpc) is 2.44. The van der Waals surface area contributed by atoms with E-state index in [1.165, 1.54) is 11.3 Å². The van der Waals surface area contributed by atoms with Crippen LogP contribution in [0.3, 0.4) is 0 Å². The SMILES string of the molecule is Cc1sc(C(=O)O)cc1CN(C)CC(C)(C)C. The van der Waals surface area contributed by atoms with Crippen molar-refractivity contribution in [3.8, 4) is 0 Å². The lowest BCUT2D eigenvalue weighted by atomic mass is 9.96. The maximum absolute atomic E-state index is 10.9. The van der Waals surface area contributed by atoms with E-state index < -0.39 is 5.97 Å². The Morgan fingerprint density at radius 2 is 2.06 bits per heavy atom. The molecule has 0 saturated heterocycles. The molecule has 1 aromatic rings. The summed E-state index contributed by atoms with van der Waals surface area (Å²) in [5.74, 6) is -0.831. The van der Waals surface area contributed by atoms with Gasteiger partial charge in [-0.2, -0.15) is 0 Å². The molecular formula is C13H21NO2S. The summed E-state index contributed by atoms with van der Waals surface area (Å²) >= 11 is 1.36. The van der Waals surface area contributed by atoms with Crippen LogP contribution in [-0.4, -0.2) is 29.6 Å². The fourth-order valence-corrected chi connectivity index (χ4v) is 2.81. The molecule has 0 aromatic carbocycles. The first-order valence-corrected chi connectivity index (χ1v) is 6.52. The second kappa shape index (κ2) is 5.19. The van der Waals surface area contributed by atoms with Gasteiger partial charge in [0.15, 0.2) is 0 Å². The molecule has 0 bridgehead atoms. The minimum Gasteiger partial charge on any atom is -0.477 e. The monoisotopic (exact) mass is 255 g/mol. The van der Waals surface area contributed by atoms with Gasteiger partial charge in [-0.05, 0) is 31.0 Å². The van der Waals surface area contributed by atoms with Crippen molar-refractivity contribution in [3.63, 3.8) is 0 Å². The molecule has 17 heavy (non-hydrogen) atoms. The number of aryl methyl sites for hydroxylation is 1. The quantitative estimate of drug-likeness (QED) is 0.898. The summed E-state index contributed by atoms with van der Waals surface area (Å²) in [6.45, 7) is 10.4. The number of carboxylic acid groups (broad SMARTS) is 1. The number of hydrogen-bond donors (Lipinski definition) is 1. The molecule has 0 saturated carbocycles. The number of nitrogens with zero attached hydrogens (tertiary/aromatic N) is 1. The summed E-state index contributed by atoms with van der Waals surface area (Å²) in [6.07, 6.45) is 0. The highest BCUT2D eigenvalue weighted by Gasteiger charge is 2.16. The van der Waals surface area contributed by atoms with E-state index in [4.69, 9.17) is 5.11 Å². The lowest BCUT2D eigenvalue weighted by Crippen LogP contribution is -2.28. The van der Waals surface area contributed by atoms with Crippen LogP contribution < -0.4 is 0 Å². The molecule has 0 fully saturated rings. The minimum atomic E-state index is -0.831. The summed E-state index contributed by atoms with van der Waals surface area (Å²) in [5, 5.41) is 8.94. The lowest BCUT2D eigenvalue weighted by Gasteiger charge is -2.26. The Morgan fingerprint density at radius 3 is 2.47 bits per heavy atom. The number of thiophene rings is 1. The molecule has 0 atom stereocenters. The number of aromatic carboxylic acids is 1. The van der Waals surface area contributed by atoms with Crippen LogP contribution in [0.25, 0.3) is 0 Å². The fourth-order valence-electron chi connectivity index (χ4n) is 1.94. The van der Waals surface area contributed by atoms with Crippen LogP contribution in [0.4, 0.5) is 0 Å². The van der Waals surface area contributed by atoms with E-state index in [2.05, 4.69) is 32.7 Å². The van der Waals surface area contributed by atoms with E-state index >= 15 is 0 Å². The minimum absolute atomic E-state index is 0.258. The van der Waals surface area contributed by atoms with Gasteiger partial charge < -0.3 is 10.0 Å². The highest BCUT2D eigenvalue weighted by molar-refractivity contribution is 7.14. The molecule has 1 aromatic heterocycles. The molecule has 0 amide bonds. The van der Waals surface area contributed by atoms with Gasteiger partial charge in [-0.25, -0.2) is 4.79 Å². The Labute approximate surface area is 107 Å². The molecule has 4 heteroatoms. The number of carbonyl (C=O) groups is 1. The smallest absolute Gasteiger partial charge is 0.345 e. The van der Waals surface area contributed by atoms with Crippen LogP contribution in [0.1, 0.15) is 40.9 Å². The van der Waals surface area contributed by atoms with E-state index in [-0.39, 0.29) is 5.41 Å². The second-order valence-electron chi connectivity index (χ2n) is 5.73. The largest absolute Gasteiger partial charge is 0.477 e. The standard InChI is InChI=1S/C13H21NO2S/c1-9-10(6-11(17-9)12(15)16)7-14(5)8-13(2,3)4/h6H,7-8H2,1-5H3,(H,15,16). The van der Waals surface area contributed by atoms with Crippen molar-refractivity contribution in [2.24, 2.45) is 5.41 Å². The van der Waals surface area contributed by atoms with Gasteiger partial charge in [0, 0.05) is 18.0 Å². The summed E-state index contributed by atoms with van der Waals surface area (Å²) in [5.41, 5.74) is 1.38. The van der Waals surface area contributed by atoms with E-state index in [1.54, 1.807) is 6.07 Å². The third-order valence-electron chi connectivity index (χ3n) is 2.42. The topological polar surface area (TPSA) is 40.5 Å². The van der Waals surface area contributed by atoms with E-state index in [0.717, 1.165) is 23.5 Å². The van der Waals surface area contributed by atoms with Crippen molar-refractivity contribution in [3.05, 3.63) is 21.4 Å². The second-order valence-corrected chi connectivity index (χ2v) is 6.99. The van der Waals surface area contributed by atoms with Crippen molar-refractivity contribution in [1.29, 1.82) is 0 Å². The van der Waals surface area contributed by atoms with Crippen molar-refractivity contribution >= 4 is 17.3 Å². The Kier molecular flexibility index (Phi) is 4.33. The molecule has 0 radical (unpaired) electrons. The number of hydrogen-bond acceptors (Lipinski definition) is 3. The third kappa shape index (κ3) is 4.48. The Balaban J connectivity index is 2.71. The molecule has 3 nitrogen and oxygen atoms in total. The van der Waals surface area contributed by atoms with E-state index in [9.17, 15) is 4.79 Å². The first-order chi connectivity index (χ1) is 7.69. The zero-order valence-corrected chi connectivity index (χ0v) is 12.0. The van der Waals surface area contributed by atoms with Crippen molar-refractivity contribution in [2.45, 2.75) is 34.2 Å². The van der Waals surface area contributed by atoms with Crippen LogP contribution in [0.2, 0.25) is 0 Å². The predicted molar refractivity (Wildman–Crippen MR) is 71.8 cm³/mol. The molecule has 1 heterocycles. The van der Waals surface area contributed by atoms with Gasteiger partial charge in [0.1, 0.15) is 4.88 Å². The molecule has 1 rings (SSSR count). The van der Waals surface area contributed by atoms with Crippen LogP contribution in [0, 0.1) is 12.3 Å². The molecule has 1 N–H and O–H groups in total. The van der Waals surface area contributed by atoms with Gasteiger partial charge >= 0.3 is 5.97 Å². The van der Waals surface area contributed by atoms with Gasteiger partial charge in [-0.3, -0.25) is 0 Å². The maximum Gasteiger partial charge on any atom is 0.345 e. The summed E-state index contributed by atoms with van der Waals surface area (Å²) in [7, 11) is 2.07. The molecule has 0 aliphatic heterocycles. The molecule has 0 aliphatic carbocycles. The highest BCUT2D eigenvalue weighted by Crippen LogP contribution is 2.24. The first-order valence-electron chi connectivity index (χ1n) is 5.70. The molecule has 0 unspecified atom stereocenters.